The lowest BCUT2D eigenvalue weighted by Gasteiger charge is -2.27. The van der Waals surface area contributed by atoms with Crippen molar-refractivity contribution in [3.05, 3.63) is 33.3 Å². The third-order valence-electron chi connectivity index (χ3n) is 4.51. The molecule has 1 aromatic rings. The van der Waals surface area contributed by atoms with Crippen LogP contribution in [0.2, 0.25) is 5.02 Å². The van der Waals surface area contributed by atoms with Gasteiger partial charge < -0.3 is 5.32 Å². The molecule has 1 fully saturated rings. The molecule has 0 spiro atoms. The number of hydrogen-bond donors (Lipinski definition) is 1. The zero-order valence-electron chi connectivity index (χ0n) is 13.0. The predicted molar refractivity (Wildman–Crippen MR) is 96.1 cm³/mol. The van der Waals surface area contributed by atoms with Crippen LogP contribution in [0.3, 0.4) is 0 Å². The zero-order valence-corrected chi connectivity index (χ0v) is 15.3. The van der Waals surface area contributed by atoms with E-state index in [1.165, 1.54) is 50.5 Å². The number of hydrogen-bond acceptors (Lipinski definition) is 1. The summed E-state index contributed by atoms with van der Waals surface area (Å²) < 4.78 is 1.06. The highest BCUT2D eigenvalue weighted by Gasteiger charge is 2.19. The summed E-state index contributed by atoms with van der Waals surface area (Å²) in [5, 5.41) is 4.62. The van der Waals surface area contributed by atoms with Gasteiger partial charge in [-0.15, -0.1) is 0 Å². The second kappa shape index (κ2) is 9.17. The Balaban J connectivity index is 1.97. The van der Waals surface area contributed by atoms with Crippen molar-refractivity contribution >= 4 is 27.5 Å². The van der Waals surface area contributed by atoms with Gasteiger partial charge in [0.15, 0.2) is 0 Å². The molecule has 0 bridgehead atoms. The van der Waals surface area contributed by atoms with Crippen LogP contribution in [0.15, 0.2) is 22.7 Å². The minimum absolute atomic E-state index is 0.562. The van der Waals surface area contributed by atoms with Crippen LogP contribution in [0.5, 0.6) is 0 Å². The van der Waals surface area contributed by atoms with Gasteiger partial charge in [0.2, 0.25) is 0 Å². The Labute approximate surface area is 143 Å². The maximum Gasteiger partial charge on any atom is 0.0449 e. The minimum atomic E-state index is 0.562. The molecule has 21 heavy (non-hydrogen) atoms. The largest absolute Gasteiger partial charge is 0.314 e. The first-order chi connectivity index (χ1) is 10.2. The first-order valence-electron chi connectivity index (χ1n) is 8.36. The molecule has 0 amide bonds. The molecule has 1 unspecified atom stereocenters. The van der Waals surface area contributed by atoms with E-state index in [0.717, 1.165) is 28.4 Å². The second-order valence-corrected chi connectivity index (χ2v) is 7.65. The normalized spacial score (nSPS) is 17.9. The number of halogens is 2. The lowest BCUT2D eigenvalue weighted by Crippen LogP contribution is -2.34. The molecule has 0 heterocycles. The van der Waals surface area contributed by atoms with Crippen molar-refractivity contribution in [2.75, 3.05) is 6.54 Å². The lowest BCUT2D eigenvalue weighted by molar-refractivity contribution is 0.296. The Kier molecular flexibility index (Phi) is 7.56. The van der Waals surface area contributed by atoms with Gasteiger partial charge in [-0.1, -0.05) is 72.6 Å². The molecule has 2 rings (SSSR count). The monoisotopic (exact) mass is 371 g/mol. The third kappa shape index (κ3) is 5.92. The predicted octanol–water partition coefficient (Wildman–Crippen LogP) is 5.98. The third-order valence-corrected chi connectivity index (χ3v) is 5.35. The maximum atomic E-state index is 6.39. The summed E-state index contributed by atoms with van der Waals surface area (Å²) in [4.78, 5) is 0. The zero-order chi connectivity index (χ0) is 15.1. The first-order valence-corrected chi connectivity index (χ1v) is 9.53. The Morgan fingerprint density at radius 3 is 2.71 bits per heavy atom. The number of nitrogens with one attached hydrogen (secondary N) is 1. The molecule has 1 aliphatic carbocycles. The summed E-state index contributed by atoms with van der Waals surface area (Å²) in [6.07, 6.45) is 10.6. The van der Waals surface area contributed by atoms with Crippen LogP contribution in [0, 0.1) is 5.92 Å². The molecular formula is C18H27BrClN. The van der Waals surface area contributed by atoms with Crippen molar-refractivity contribution in [1.29, 1.82) is 0 Å². The Hall–Kier alpha value is -0.0500. The molecule has 1 nitrogen and oxygen atoms in total. The van der Waals surface area contributed by atoms with Crippen LogP contribution in [-0.4, -0.2) is 12.6 Å². The Bertz CT molecular complexity index is 429. The SMILES string of the molecule is CCCNC(Cc1ccc(Br)cc1Cl)CC1CCCCC1. The topological polar surface area (TPSA) is 12.0 Å². The fraction of sp³-hybridized carbons (Fsp3) is 0.667. The molecular weight excluding hydrogens is 346 g/mol. The van der Waals surface area contributed by atoms with Gasteiger partial charge in [-0.2, -0.15) is 0 Å². The standard InChI is InChI=1S/C18H27BrClN/c1-2-10-21-17(11-14-6-4-3-5-7-14)12-15-8-9-16(19)13-18(15)20/h8-9,13-14,17,21H,2-7,10-12H2,1H3. The van der Waals surface area contributed by atoms with E-state index in [-0.39, 0.29) is 0 Å². The fourth-order valence-electron chi connectivity index (χ4n) is 3.37. The molecule has 1 saturated carbocycles. The van der Waals surface area contributed by atoms with Crippen molar-refractivity contribution < 1.29 is 0 Å². The highest BCUT2D eigenvalue weighted by Crippen LogP contribution is 2.29. The maximum absolute atomic E-state index is 6.39. The molecule has 1 N–H and O–H groups in total. The Morgan fingerprint density at radius 1 is 1.29 bits per heavy atom. The molecule has 118 valence electrons. The molecule has 3 heteroatoms. The van der Waals surface area contributed by atoms with Crippen molar-refractivity contribution in [2.24, 2.45) is 5.92 Å². The minimum Gasteiger partial charge on any atom is -0.314 e. The van der Waals surface area contributed by atoms with Crippen molar-refractivity contribution in [1.82, 2.24) is 5.32 Å². The van der Waals surface area contributed by atoms with Crippen LogP contribution in [-0.2, 0) is 6.42 Å². The molecule has 0 radical (unpaired) electrons. The van der Waals surface area contributed by atoms with Crippen LogP contribution < -0.4 is 5.32 Å². The molecule has 0 aliphatic heterocycles. The van der Waals surface area contributed by atoms with Gasteiger partial charge in [-0.25, -0.2) is 0 Å². The van der Waals surface area contributed by atoms with E-state index in [0.29, 0.717) is 6.04 Å². The van der Waals surface area contributed by atoms with Crippen molar-refractivity contribution in [3.63, 3.8) is 0 Å². The van der Waals surface area contributed by atoms with Gasteiger partial charge in [-0.05, 0) is 49.4 Å². The molecule has 1 atom stereocenters. The average molecular weight is 373 g/mol. The summed E-state index contributed by atoms with van der Waals surface area (Å²) in [5.41, 5.74) is 1.27. The van der Waals surface area contributed by atoms with Gasteiger partial charge >= 0.3 is 0 Å². The summed E-state index contributed by atoms with van der Waals surface area (Å²) in [6, 6.07) is 6.83. The van der Waals surface area contributed by atoms with E-state index in [1.54, 1.807) is 0 Å². The van der Waals surface area contributed by atoms with Crippen LogP contribution >= 0.6 is 27.5 Å². The van der Waals surface area contributed by atoms with Crippen LogP contribution in [0.4, 0.5) is 0 Å². The fourth-order valence-corrected chi connectivity index (χ4v) is 4.12. The number of rotatable bonds is 7. The van der Waals surface area contributed by atoms with Crippen molar-refractivity contribution in [2.45, 2.75) is 64.3 Å². The van der Waals surface area contributed by atoms with Crippen LogP contribution in [0.1, 0.15) is 57.4 Å². The smallest absolute Gasteiger partial charge is 0.0449 e. The molecule has 1 aliphatic rings. The van der Waals surface area contributed by atoms with Gasteiger partial charge in [0.1, 0.15) is 0 Å². The van der Waals surface area contributed by atoms with E-state index < -0.39 is 0 Å². The number of benzene rings is 1. The van der Waals surface area contributed by atoms with Gasteiger partial charge in [0, 0.05) is 15.5 Å². The van der Waals surface area contributed by atoms with Gasteiger partial charge in [-0.3, -0.25) is 0 Å². The van der Waals surface area contributed by atoms with E-state index in [2.05, 4.69) is 40.3 Å². The molecule has 0 saturated heterocycles. The van der Waals surface area contributed by atoms with Gasteiger partial charge in [0.05, 0.1) is 0 Å². The second-order valence-electron chi connectivity index (χ2n) is 6.33. The summed E-state index contributed by atoms with van der Waals surface area (Å²) in [5.74, 6) is 0.905. The average Bonchev–Trinajstić information content (AvgIpc) is 2.48. The van der Waals surface area contributed by atoms with E-state index in [1.807, 2.05) is 6.07 Å². The molecule has 1 aromatic carbocycles. The Morgan fingerprint density at radius 2 is 2.05 bits per heavy atom. The van der Waals surface area contributed by atoms with E-state index in [4.69, 9.17) is 11.6 Å². The highest BCUT2D eigenvalue weighted by molar-refractivity contribution is 9.10. The van der Waals surface area contributed by atoms with Crippen LogP contribution in [0.25, 0.3) is 0 Å². The first kappa shape index (κ1) is 17.3. The summed E-state index contributed by atoms with van der Waals surface area (Å²) in [6.45, 7) is 3.34. The highest BCUT2D eigenvalue weighted by atomic mass is 79.9. The van der Waals surface area contributed by atoms with Crippen molar-refractivity contribution in [3.8, 4) is 0 Å². The quantitative estimate of drug-likeness (QED) is 0.620. The lowest BCUT2D eigenvalue weighted by atomic mass is 9.83. The molecule has 0 aromatic heterocycles. The van der Waals surface area contributed by atoms with E-state index >= 15 is 0 Å². The van der Waals surface area contributed by atoms with E-state index in [9.17, 15) is 0 Å². The summed E-state index contributed by atoms with van der Waals surface area (Å²) in [7, 11) is 0. The summed E-state index contributed by atoms with van der Waals surface area (Å²) >= 11 is 9.88. The van der Waals surface area contributed by atoms with Gasteiger partial charge in [0.25, 0.3) is 0 Å².